The number of hydrogen-bond acceptors (Lipinski definition) is 4. The summed E-state index contributed by atoms with van der Waals surface area (Å²) in [4.78, 5) is 10.9. The average Bonchev–Trinajstić information content (AvgIpc) is 3.01. The molecule has 0 aromatic rings. The van der Waals surface area contributed by atoms with Crippen molar-refractivity contribution >= 4 is 16.2 Å². The molecule has 1 atom stereocenters. The smallest absolute Gasteiger partial charge is 0.324 e. The lowest BCUT2D eigenvalue weighted by atomic mass is 10.3. The van der Waals surface area contributed by atoms with E-state index in [4.69, 9.17) is 9.84 Å². The van der Waals surface area contributed by atoms with E-state index in [-0.39, 0.29) is 25.8 Å². The monoisotopic (exact) mass is 250 g/mol. The van der Waals surface area contributed by atoms with Gasteiger partial charge in [-0.25, -0.2) is 0 Å². The van der Waals surface area contributed by atoms with Gasteiger partial charge < -0.3 is 9.84 Å². The van der Waals surface area contributed by atoms with Crippen LogP contribution in [0.25, 0.3) is 0 Å². The highest BCUT2D eigenvalue weighted by Gasteiger charge is 2.39. The van der Waals surface area contributed by atoms with Crippen molar-refractivity contribution in [1.29, 1.82) is 0 Å². The van der Waals surface area contributed by atoms with Crippen molar-refractivity contribution in [1.82, 2.24) is 9.03 Å². The Kier molecular flexibility index (Phi) is 3.15. The lowest BCUT2D eigenvalue weighted by molar-refractivity contribution is -0.146. The van der Waals surface area contributed by atoms with Gasteiger partial charge in [-0.15, -0.1) is 0 Å². The van der Waals surface area contributed by atoms with Gasteiger partial charge in [-0.3, -0.25) is 4.79 Å². The fourth-order valence-electron chi connectivity index (χ4n) is 1.55. The maximum Gasteiger partial charge on any atom is 0.324 e. The average molecular weight is 250 g/mol. The van der Waals surface area contributed by atoms with E-state index in [1.807, 2.05) is 0 Å². The lowest BCUT2D eigenvalue weighted by Crippen LogP contribution is -2.56. The van der Waals surface area contributed by atoms with Gasteiger partial charge in [0.05, 0.1) is 13.2 Å². The maximum absolute atomic E-state index is 11.8. The van der Waals surface area contributed by atoms with E-state index in [1.54, 1.807) is 0 Å². The molecule has 2 rings (SSSR count). The molecule has 1 saturated carbocycles. The summed E-state index contributed by atoms with van der Waals surface area (Å²) in [5, 5.41) is 8.91. The summed E-state index contributed by atoms with van der Waals surface area (Å²) in [5.74, 6) is -1.18. The lowest BCUT2D eigenvalue weighted by Gasteiger charge is -2.31. The maximum atomic E-state index is 11.8. The number of morpholine rings is 1. The summed E-state index contributed by atoms with van der Waals surface area (Å²) in [6.07, 6.45) is 1.64. The minimum Gasteiger partial charge on any atom is -0.480 e. The Labute approximate surface area is 93.6 Å². The molecule has 1 unspecified atom stereocenters. The Balaban J connectivity index is 2.11. The Morgan fingerprint density at radius 1 is 1.44 bits per heavy atom. The van der Waals surface area contributed by atoms with Gasteiger partial charge >= 0.3 is 5.97 Å². The van der Waals surface area contributed by atoms with Gasteiger partial charge in [0.2, 0.25) is 0 Å². The molecule has 0 aromatic heterocycles. The predicted molar refractivity (Wildman–Crippen MR) is 54.0 cm³/mol. The Bertz CT molecular complexity index is 378. The predicted octanol–water partition coefficient (Wildman–Crippen LogP) is -1.23. The van der Waals surface area contributed by atoms with Crippen LogP contribution in [-0.4, -0.2) is 55.6 Å². The summed E-state index contributed by atoms with van der Waals surface area (Å²) in [5.41, 5.74) is 0. The Morgan fingerprint density at radius 2 is 2.12 bits per heavy atom. The second-order valence-corrected chi connectivity index (χ2v) is 5.59. The first kappa shape index (κ1) is 11.8. The number of hydrogen-bond donors (Lipinski definition) is 2. The number of nitrogens with one attached hydrogen (secondary N) is 1. The van der Waals surface area contributed by atoms with Crippen LogP contribution < -0.4 is 4.72 Å². The summed E-state index contributed by atoms with van der Waals surface area (Å²) in [6, 6.07) is -1.15. The van der Waals surface area contributed by atoms with E-state index in [9.17, 15) is 13.2 Å². The number of carbonyl (C=O) groups is 1. The molecule has 2 aliphatic rings. The molecule has 0 bridgehead atoms. The first-order valence-electron chi connectivity index (χ1n) is 5.10. The third kappa shape index (κ3) is 2.51. The first-order valence-corrected chi connectivity index (χ1v) is 6.54. The summed E-state index contributed by atoms with van der Waals surface area (Å²) >= 11 is 0. The van der Waals surface area contributed by atoms with Crippen molar-refractivity contribution in [2.75, 3.05) is 19.8 Å². The van der Waals surface area contributed by atoms with Gasteiger partial charge in [0, 0.05) is 12.6 Å². The SMILES string of the molecule is O=C(O)C1COCCN1S(=O)(=O)NC1CC1. The minimum atomic E-state index is -3.69. The highest BCUT2D eigenvalue weighted by atomic mass is 32.2. The third-order valence-corrected chi connectivity index (χ3v) is 4.25. The molecular formula is C8H14N2O5S. The first-order chi connectivity index (χ1) is 7.50. The molecule has 0 radical (unpaired) electrons. The van der Waals surface area contributed by atoms with Gasteiger partial charge in [-0.1, -0.05) is 0 Å². The van der Waals surface area contributed by atoms with Crippen LogP contribution in [0.15, 0.2) is 0 Å². The summed E-state index contributed by atoms with van der Waals surface area (Å²) in [6.45, 7) is 0.218. The normalized spacial score (nSPS) is 27.9. The number of aliphatic carboxylic acids is 1. The molecule has 0 spiro atoms. The zero-order chi connectivity index (χ0) is 11.8. The largest absolute Gasteiger partial charge is 0.480 e. The van der Waals surface area contributed by atoms with Gasteiger partial charge in [0.25, 0.3) is 10.2 Å². The van der Waals surface area contributed by atoms with Crippen LogP contribution >= 0.6 is 0 Å². The second-order valence-electron chi connectivity index (χ2n) is 3.94. The fourth-order valence-corrected chi connectivity index (χ4v) is 3.14. The van der Waals surface area contributed by atoms with Gasteiger partial charge in [0.15, 0.2) is 0 Å². The minimum absolute atomic E-state index is 0.0257. The van der Waals surface area contributed by atoms with Crippen molar-refractivity contribution in [3.8, 4) is 0 Å². The molecular weight excluding hydrogens is 236 g/mol. The number of nitrogens with zero attached hydrogens (tertiary/aromatic N) is 1. The molecule has 1 heterocycles. The van der Waals surface area contributed by atoms with Crippen molar-refractivity contribution in [3.05, 3.63) is 0 Å². The molecule has 1 aliphatic carbocycles. The number of carboxylic acid groups (broad SMARTS) is 1. The zero-order valence-electron chi connectivity index (χ0n) is 8.63. The molecule has 2 fully saturated rings. The van der Waals surface area contributed by atoms with E-state index in [2.05, 4.69) is 4.72 Å². The van der Waals surface area contributed by atoms with Crippen LogP contribution in [0, 0.1) is 0 Å². The van der Waals surface area contributed by atoms with E-state index in [0.717, 1.165) is 17.1 Å². The topological polar surface area (TPSA) is 95.9 Å². The highest BCUT2D eigenvalue weighted by molar-refractivity contribution is 7.87. The Morgan fingerprint density at radius 3 is 2.69 bits per heavy atom. The van der Waals surface area contributed by atoms with E-state index >= 15 is 0 Å². The molecule has 8 heteroatoms. The molecule has 2 N–H and O–H groups in total. The van der Waals surface area contributed by atoms with Gasteiger partial charge in [-0.2, -0.15) is 17.4 Å². The quantitative estimate of drug-likeness (QED) is 0.651. The van der Waals surface area contributed by atoms with Crippen molar-refractivity contribution in [2.24, 2.45) is 0 Å². The molecule has 1 saturated heterocycles. The van der Waals surface area contributed by atoms with Crippen LogP contribution in [0.4, 0.5) is 0 Å². The van der Waals surface area contributed by atoms with Crippen LogP contribution in [0.1, 0.15) is 12.8 Å². The van der Waals surface area contributed by atoms with E-state index < -0.39 is 22.2 Å². The Hall–Kier alpha value is -0.700. The van der Waals surface area contributed by atoms with Crippen LogP contribution in [0.5, 0.6) is 0 Å². The molecule has 16 heavy (non-hydrogen) atoms. The highest BCUT2D eigenvalue weighted by Crippen LogP contribution is 2.22. The molecule has 0 aromatic carbocycles. The standard InChI is InChI=1S/C8H14N2O5S/c11-8(12)7-5-15-4-3-10(7)16(13,14)9-6-1-2-6/h6-7,9H,1-5H2,(H,11,12). The molecule has 7 nitrogen and oxygen atoms in total. The van der Waals surface area contributed by atoms with Crippen molar-refractivity contribution in [2.45, 2.75) is 24.9 Å². The molecule has 0 amide bonds. The molecule has 1 aliphatic heterocycles. The summed E-state index contributed by atoms with van der Waals surface area (Å²) in [7, 11) is -3.69. The molecule has 92 valence electrons. The van der Waals surface area contributed by atoms with Crippen molar-refractivity contribution < 1.29 is 23.1 Å². The zero-order valence-corrected chi connectivity index (χ0v) is 9.44. The van der Waals surface area contributed by atoms with Crippen LogP contribution in [-0.2, 0) is 19.7 Å². The van der Waals surface area contributed by atoms with Gasteiger partial charge in [0.1, 0.15) is 6.04 Å². The fraction of sp³-hybridized carbons (Fsp3) is 0.875. The number of ether oxygens (including phenoxy) is 1. The number of carboxylic acids is 1. The van der Waals surface area contributed by atoms with E-state index in [1.165, 1.54) is 0 Å². The van der Waals surface area contributed by atoms with E-state index in [0.29, 0.717) is 0 Å². The summed E-state index contributed by atoms with van der Waals surface area (Å²) < 4.78 is 32.1. The van der Waals surface area contributed by atoms with Crippen LogP contribution in [0.3, 0.4) is 0 Å². The third-order valence-electron chi connectivity index (χ3n) is 2.57. The van der Waals surface area contributed by atoms with Gasteiger partial charge in [-0.05, 0) is 12.8 Å². The van der Waals surface area contributed by atoms with Crippen LogP contribution in [0.2, 0.25) is 0 Å². The van der Waals surface area contributed by atoms with Crippen molar-refractivity contribution in [3.63, 3.8) is 0 Å². The number of rotatable bonds is 4. The second kappa shape index (κ2) is 4.28.